The van der Waals surface area contributed by atoms with Crippen LogP contribution in [0.1, 0.15) is 20.3 Å². The quantitative estimate of drug-likeness (QED) is 0.528. The zero-order chi connectivity index (χ0) is 11.1. The van der Waals surface area contributed by atoms with Gasteiger partial charge in [0.2, 0.25) is 5.91 Å². The van der Waals surface area contributed by atoms with Crippen LogP contribution in [-0.2, 0) is 14.3 Å². The SMILES string of the molecule is C=CC[C@@H](C(=O)OC)[C@@H](C)NC(C)=O. The molecule has 0 aromatic heterocycles. The third-order valence-corrected chi connectivity index (χ3v) is 1.96. The zero-order valence-electron chi connectivity index (χ0n) is 8.87. The molecule has 0 radical (unpaired) electrons. The fraction of sp³-hybridized carbons (Fsp3) is 0.600. The maximum Gasteiger partial charge on any atom is 0.311 e. The van der Waals surface area contributed by atoms with Crippen LogP contribution in [-0.4, -0.2) is 25.0 Å². The Kier molecular flexibility index (Phi) is 5.60. The first-order chi connectivity index (χ1) is 6.52. The van der Waals surface area contributed by atoms with Crippen LogP contribution in [0.4, 0.5) is 0 Å². The fourth-order valence-electron chi connectivity index (χ4n) is 1.26. The highest BCUT2D eigenvalue weighted by Crippen LogP contribution is 2.11. The summed E-state index contributed by atoms with van der Waals surface area (Å²) in [4.78, 5) is 22.1. The highest BCUT2D eigenvalue weighted by molar-refractivity contribution is 5.77. The number of ether oxygens (including phenoxy) is 1. The standard InChI is InChI=1S/C10H17NO3/c1-5-6-9(10(13)14-4)7(2)11-8(3)12/h5,7,9H,1,6H2,2-4H3,(H,11,12)/t7-,9-/m1/s1. The van der Waals surface area contributed by atoms with E-state index in [1.807, 2.05) is 0 Å². The van der Waals surface area contributed by atoms with Crippen LogP contribution in [0.2, 0.25) is 0 Å². The van der Waals surface area contributed by atoms with Crippen molar-refractivity contribution >= 4 is 11.9 Å². The van der Waals surface area contributed by atoms with Crippen LogP contribution in [0.15, 0.2) is 12.7 Å². The van der Waals surface area contributed by atoms with Crippen LogP contribution in [0.3, 0.4) is 0 Å². The molecule has 0 aromatic rings. The van der Waals surface area contributed by atoms with Crippen molar-refractivity contribution in [2.24, 2.45) is 5.92 Å². The Hall–Kier alpha value is -1.32. The van der Waals surface area contributed by atoms with Gasteiger partial charge >= 0.3 is 5.97 Å². The predicted octanol–water partition coefficient (Wildman–Crippen LogP) is 0.876. The average molecular weight is 199 g/mol. The van der Waals surface area contributed by atoms with E-state index in [-0.39, 0.29) is 23.8 Å². The molecule has 4 heteroatoms. The average Bonchev–Trinajstić information content (AvgIpc) is 2.11. The lowest BCUT2D eigenvalue weighted by Gasteiger charge is -2.20. The summed E-state index contributed by atoms with van der Waals surface area (Å²) >= 11 is 0. The summed E-state index contributed by atoms with van der Waals surface area (Å²) in [7, 11) is 1.33. The Balaban J connectivity index is 4.38. The van der Waals surface area contributed by atoms with Crippen LogP contribution in [0, 0.1) is 5.92 Å². The number of rotatable bonds is 5. The molecule has 0 saturated heterocycles. The third kappa shape index (κ3) is 4.07. The van der Waals surface area contributed by atoms with Crippen molar-refractivity contribution in [3.63, 3.8) is 0 Å². The molecule has 0 aromatic carbocycles. The van der Waals surface area contributed by atoms with Crippen molar-refractivity contribution in [1.29, 1.82) is 0 Å². The molecular formula is C10H17NO3. The van der Waals surface area contributed by atoms with Crippen LogP contribution in [0.25, 0.3) is 0 Å². The number of hydrogen-bond donors (Lipinski definition) is 1. The zero-order valence-corrected chi connectivity index (χ0v) is 8.87. The summed E-state index contributed by atoms with van der Waals surface area (Å²) in [5.41, 5.74) is 0. The second-order valence-electron chi connectivity index (χ2n) is 3.14. The smallest absolute Gasteiger partial charge is 0.311 e. The number of carbonyl (C=O) groups is 2. The number of allylic oxidation sites excluding steroid dienone is 1. The Morgan fingerprint density at radius 3 is 2.50 bits per heavy atom. The molecule has 0 fully saturated rings. The molecule has 4 nitrogen and oxygen atoms in total. The van der Waals surface area contributed by atoms with Gasteiger partial charge in [0.15, 0.2) is 0 Å². The normalized spacial score (nSPS) is 13.9. The van der Waals surface area contributed by atoms with Gasteiger partial charge in [0.05, 0.1) is 13.0 Å². The summed E-state index contributed by atoms with van der Waals surface area (Å²) < 4.78 is 4.63. The van der Waals surface area contributed by atoms with Gasteiger partial charge in [0, 0.05) is 13.0 Å². The highest BCUT2D eigenvalue weighted by atomic mass is 16.5. The van der Waals surface area contributed by atoms with E-state index in [9.17, 15) is 9.59 Å². The first-order valence-corrected chi connectivity index (χ1v) is 4.48. The molecule has 2 atom stereocenters. The molecule has 0 saturated carbocycles. The van der Waals surface area contributed by atoms with Crippen molar-refractivity contribution in [1.82, 2.24) is 5.32 Å². The van der Waals surface area contributed by atoms with Gasteiger partial charge in [-0.1, -0.05) is 6.08 Å². The molecule has 14 heavy (non-hydrogen) atoms. The molecule has 0 aliphatic carbocycles. The van der Waals surface area contributed by atoms with E-state index in [0.29, 0.717) is 6.42 Å². The molecule has 0 bridgehead atoms. The molecule has 1 N–H and O–H groups in total. The van der Waals surface area contributed by atoms with Gasteiger partial charge in [-0.2, -0.15) is 0 Å². The molecular weight excluding hydrogens is 182 g/mol. The molecule has 0 spiro atoms. The van der Waals surface area contributed by atoms with E-state index in [4.69, 9.17) is 0 Å². The van der Waals surface area contributed by atoms with Crippen LogP contribution >= 0.6 is 0 Å². The summed E-state index contributed by atoms with van der Waals surface area (Å²) in [6, 6.07) is -0.238. The van der Waals surface area contributed by atoms with E-state index in [1.165, 1.54) is 14.0 Å². The van der Waals surface area contributed by atoms with Gasteiger partial charge < -0.3 is 10.1 Å². The Labute approximate surface area is 84.3 Å². The predicted molar refractivity (Wildman–Crippen MR) is 53.6 cm³/mol. The molecule has 0 unspecified atom stereocenters. The monoisotopic (exact) mass is 199 g/mol. The Morgan fingerprint density at radius 1 is 1.57 bits per heavy atom. The fourth-order valence-corrected chi connectivity index (χ4v) is 1.26. The van der Waals surface area contributed by atoms with Crippen LogP contribution in [0.5, 0.6) is 0 Å². The summed E-state index contributed by atoms with van der Waals surface area (Å²) in [5, 5.41) is 2.66. The van der Waals surface area contributed by atoms with Gasteiger partial charge in [-0.05, 0) is 13.3 Å². The van der Waals surface area contributed by atoms with E-state index in [2.05, 4.69) is 16.6 Å². The lowest BCUT2D eigenvalue weighted by molar-refractivity contribution is -0.146. The first-order valence-electron chi connectivity index (χ1n) is 4.48. The molecule has 1 amide bonds. The Morgan fingerprint density at radius 2 is 2.14 bits per heavy atom. The number of nitrogens with one attached hydrogen (secondary N) is 1. The van der Waals surface area contributed by atoms with Gasteiger partial charge in [-0.3, -0.25) is 9.59 Å². The lowest BCUT2D eigenvalue weighted by Crippen LogP contribution is -2.40. The second-order valence-corrected chi connectivity index (χ2v) is 3.14. The second kappa shape index (κ2) is 6.18. The van der Waals surface area contributed by atoms with Crippen molar-refractivity contribution in [3.8, 4) is 0 Å². The van der Waals surface area contributed by atoms with Crippen molar-refractivity contribution < 1.29 is 14.3 Å². The van der Waals surface area contributed by atoms with Crippen LogP contribution < -0.4 is 5.32 Å². The lowest BCUT2D eigenvalue weighted by atomic mass is 9.97. The molecule has 0 rings (SSSR count). The maximum absolute atomic E-state index is 11.3. The van der Waals surface area contributed by atoms with E-state index >= 15 is 0 Å². The van der Waals surface area contributed by atoms with Crippen molar-refractivity contribution in [2.45, 2.75) is 26.3 Å². The minimum Gasteiger partial charge on any atom is -0.469 e. The number of amides is 1. The Bertz CT molecular complexity index is 225. The first kappa shape index (κ1) is 12.7. The van der Waals surface area contributed by atoms with Crippen molar-refractivity contribution in [3.05, 3.63) is 12.7 Å². The molecule has 0 aliphatic rings. The van der Waals surface area contributed by atoms with E-state index < -0.39 is 0 Å². The number of hydrogen-bond acceptors (Lipinski definition) is 3. The third-order valence-electron chi connectivity index (χ3n) is 1.96. The molecule has 0 heterocycles. The van der Waals surface area contributed by atoms with Gasteiger partial charge in [0.1, 0.15) is 0 Å². The van der Waals surface area contributed by atoms with Crippen molar-refractivity contribution in [2.75, 3.05) is 7.11 Å². The number of methoxy groups -OCH3 is 1. The van der Waals surface area contributed by atoms with Gasteiger partial charge in [-0.25, -0.2) is 0 Å². The van der Waals surface area contributed by atoms with E-state index in [0.717, 1.165) is 0 Å². The van der Waals surface area contributed by atoms with Gasteiger partial charge in [-0.15, -0.1) is 6.58 Å². The minimum atomic E-state index is -0.360. The van der Waals surface area contributed by atoms with Gasteiger partial charge in [0.25, 0.3) is 0 Å². The summed E-state index contributed by atoms with van der Waals surface area (Å²) in [6.07, 6.45) is 2.13. The number of esters is 1. The maximum atomic E-state index is 11.3. The molecule has 0 aliphatic heterocycles. The summed E-state index contributed by atoms with van der Waals surface area (Å²) in [6.45, 7) is 6.74. The molecule has 80 valence electrons. The highest BCUT2D eigenvalue weighted by Gasteiger charge is 2.24. The topological polar surface area (TPSA) is 55.4 Å². The summed E-state index contributed by atoms with van der Waals surface area (Å²) in [5.74, 6) is -0.844. The number of carbonyl (C=O) groups excluding carboxylic acids is 2. The minimum absolute atomic E-state index is 0.157. The largest absolute Gasteiger partial charge is 0.469 e. The van der Waals surface area contributed by atoms with E-state index in [1.54, 1.807) is 13.0 Å².